The van der Waals surface area contributed by atoms with Crippen molar-refractivity contribution in [1.82, 2.24) is 0 Å². The number of hydrogen-bond acceptors (Lipinski definition) is 2. The van der Waals surface area contributed by atoms with E-state index in [1.165, 1.54) is 0 Å². The summed E-state index contributed by atoms with van der Waals surface area (Å²) < 4.78 is 5.24. The summed E-state index contributed by atoms with van der Waals surface area (Å²) in [6, 6.07) is 3.68. The molecule has 92 valence electrons. The van der Waals surface area contributed by atoms with Crippen LogP contribution < -0.4 is 4.74 Å². The fourth-order valence-corrected chi connectivity index (χ4v) is 2.87. The Balaban J connectivity index is 2.56. The van der Waals surface area contributed by atoms with E-state index in [1.807, 2.05) is 19.1 Å². The predicted octanol–water partition coefficient (Wildman–Crippen LogP) is 3.16. The molecule has 0 aromatic heterocycles. The van der Waals surface area contributed by atoms with E-state index in [2.05, 4.69) is 0 Å². The van der Waals surface area contributed by atoms with Crippen LogP contribution in [-0.2, 0) is 10.2 Å². The fourth-order valence-electron chi connectivity index (χ4n) is 2.40. The second-order valence-electron chi connectivity index (χ2n) is 4.52. The minimum Gasteiger partial charge on any atom is -0.495 e. The first-order chi connectivity index (χ1) is 8.03. The topological polar surface area (TPSA) is 46.5 Å². The van der Waals surface area contributed by atoms with E-state index < -0.39 is 11.4 Å². The lowest BCUT2D eigenvalue weighted by Gasteiger charge is -2.39. The normalized spacial score (nSPS) is 17.4. The number of halogens is 1. The number of aryl methyl sites for hydroxylation is 1. The van der Waals surface area contributed by atoms with Crippen LogP contribution in [0.2, 0.25) is 5.02 Å². The molecule has 4 heteroatoms. The van der Waals surface area contributed by atoms with Crippen molar-refractivity contribution in [3.63, 3.8) is 0 Å². The summed E-state index contributed by atoms with van der Waals surface area (Å²) in [5.74, 6) is -0.215. The van der Waals surface area contributed by atoms with Crippen LogP contribution >= 0.6 is 11.6 Å². The van der Waals surface area contributed by atoms with Gasteiger partial charge in [0.25, 0.3) is 0 Å². The Labute approximate surface area is 105 Å². The van der Waals surface area contributed by atoms with E-state index >= 15 is 0 Å². The highest BCUT2D eigenvalue weighted by Gasteiger charge is 2.47. The van der Waals surface area contributed by atoms with Crippen LogP contribution in [0.4, 0.5) is 0 Å². The Morgan fingerprint density at radius 1 is 1.47 bits per heavy atom. The summed E-state index contributed by atoms with van der Waals surface area (Å²) in [7, 11) is 1.55. The first kappa shape index (κ1) is 12.2. The summed E-state index contributed by atoms with van der Waals surface area (Å²) in [5, 5.41) is 9.83. The van der Waals surface area contributed by atoms with Crippen molar-refractivity contribution in [2.24, 2.45) is 0 Å². The van der Waals surface area contributed by atoms with E-state index in [0.717, 1.165) is 12.0 Å². The van der Waals surface area contributed by atoms with Crippen molar-refractivity contribution in [2.45, 2.75) is 31.6 Å². The molecular formula is C13H15ClO3. The number of ether oxygens (including phenoxy) is 1. The lowest BCUT2D eigenvalue weighted by atomic mass is 9.64. The van der Waals surface area contributed by atoms with Gasteiger partial charge in [0.1, 0.15) is 5.75 Å². The molecule has 0 unspecified atom stereocenters. The summed E-state index contributed by atoms with van der Waals surface area (Å²) in [6.07, 6.45) is 2.22. The average molecular weight is 255 g/mol. The zero-order valence-electron chi connectivity index (χ0n) is 9.92. The molecule has 2 rings (SSSR count). The molecule has 1 aromatic carbocycles. The highest BCUT2D eigenvalue weighted by Crippen LogP contribution is 2.48. The molecule has 0 bridgehead atoms. The third-order valence-corrected chi connectivity index (χ3v) is 4.01. The molecule has 0 heterocycles. The molecule has 0 saturated heterocycles. The highest BCUT2D eigenvalue weighted by molar-refractivity contribution is 6.33. The van der Waals surface area contributed by atoms with Crippen LogP contribution in [0.25, 0.3) is 0 Å². The number of carbonyl (C=O) groups is 1. The summed E-state index contributed by atoms with van der Waals surface area (Å²) >= 11 is 6.27. The van der Waals surface area contributed by atoms with Gasteiger partial charge in [-0.15, -0.1) is 0 Å². The Hall–Kier alpha value is -1.22. The van der Waals surface area contributed by atoms with E-state index in [-0.39, 0.29) is 0 Å². The highest BCUT2D eigenvalue weighted by atomic mass is 35.5. The van der Waals surface area contributed by atoms with E-state index in [1.54, 1.807) is 7.11 Å². The first-order valence-corrected chi connectivity index (χ1v) is 5.97. The van der Waals surface area contributed by atoms with E-state index in [0.29, 0.717) is 29.2 Å². The maximum absolute atomic E-state index is 11.4. The van der Waals surface area contributed by atoms with Gasteiger partial charge in [-0.3, -0.25) is 4.79 Å². The van der Waals surface area contributed by atoms with E-state index in [4.69, 9.17) is 16.3 Å². The molecule has 1 aliphatic carbocycles. The fraction of sp³-hybridized carbons (Fsp3) is 0.462. The van der Waals surface area contributed by atoms with Crippen molar-refractivity contribution < 1.29 is 14.6 Å². The maximum atomic E-state index is 11.4. The molecule has 17 heavy (non-hydrogen) atoms. The van der Waals surface area contributed by atoms with Gasteiger partial charge in [0, 0.05) is 0 Å². The molecule has 0 atom stereocenters. The zero-order valence-corrected chi connectivity index (χ0v) is 10.7. The van der Waals surface area contributed by atoms with Crippen LogP contribution in [0.1, 0.15) is 30.4 Å². The Kier molecular flexibility index (Phi) is 3.04. The number of hydrogen-bond donors (Lipinski definition) is 1. The second-order valence-corrected chi connectivity index (χ2v) is 4.90. The molecule has 0 amide bonds. The lowest BCUT2D eigenvalue weighted by molar-refractivity contribution is -0.147. The molecule has 3 nitrogen and oxygen atoms in total. The van der Waals surface area contributed by atoms with Gasteiger partial charge >= 0.3 is 5.97 Å². The summed E-state index contributed by atoms with van der Waals surface area (Å²) in [4.78, 5) is 11.4. The number of benzene rings is 1. The number of aliphatic carboxylic acids is 1. The van der Waals surface area contributed by atoms with Crippen molar-refractivity contribution in [2.75, 3.05) is 7.11 Å². The smallest absolute Gasteiger partial charge is 0.314 e. The van der Waals surface area contributed by atoms with Crippen LogP contribution in [0.15, 0.2) is 12.1 Å². The largest absolute Gasteiger partial charge is 0.495 e. The third kappa shape index (κ3) is 1.69. The Morgan fingerprint density at radius 3 is 2.53 bits per heavy atom. The number of carboxylic acids is 1. The molecular weight excluding hydrogens is 240 g/mol. The van der Waals surface area contributed by atoms with Crippen molar-refractivity contribution in [3.8, 4) is 5.75 Å². The summed E-state index contributed by atoms with van der Waals surface area (Å²) in [6.45, 7) is 1.89. The molecule has 1 N–H and O–H groups in total. The number of methoxy groups -OCH3 is 1. The molecule has 1 aliphatic rings. The molecule has 1 aromatic rings. The van der Waals surface area contributed by atoms with Crippen molar-refractivity contribution >= 4 is 17.6 Å². The maximum Gasteiger partial charge on any atom is 0.314 e. The first-order valence-electron chi connectivity index (χ1n) is 5.60. The van der Waals surface area contributed by atoms with Crippen LogP contribution in [0.3, 0.4) is 0 Å². The van der Waals surface area contributed by atoms with Crippen molar-refractivity contribution in [3.05, 3.63) is 28.3 Å². The van der Waals surface area contributed by atoms with Gasteiger partial charge in [-0.2, -0.15) is 0 Å². The van der Waals surface area contributed by atoms with Crippen LogP contribution in [-0.4, -0.2) is 18.2 Å². The average Bonchev–Trinajstić information content (AvgIpc) is 2.20. The van der Waals surface area contributed by atoms with Gasteiger partial charge in [0.2, 0.25) is 0 Å². The van der Waals surface area contributed by atoms with E-state index in [9.17, 15) is 9.90 Å². The standard InChI is InChI=1S/C13H15ClO3/c1-8-4-5-9(10(14)11(8)17-2)13(12(15)16)6-3-7-13/h4-5H,3,6-7H2,1-2H3,(H,15,16). The van der Waals surface area contributed by atoms with Crippen LogP contribution in [0, 0.1) is 6.92 Å². The second kappa shape index (κ2) is 4.22. The zero-order chi connectivity index (χ0) is 12.6. The van der Waals surface area contributed by atoms with Gasteiger partial charge < -0.3 is 9.84 Å². The minimum absolute atomic E-state index is 0.439. The van der Waals surface area contributed by atoms with Crippen LogP contribution in [0.5, 0.6) is 5.75 Å². The predicted molar refractivity (Wildman–Crippen MR) is 65.9 cm³/mol. The monoisotopic (exact) mass is 254 g/mol. The van der Waals surface area contributed by atoms with Gasteiger partial charge in [-0.05, 0) is 30.9 Å². The van der Waals surface area contributed by atoms with Gasteiger partial charge in [0.05, 0.1) is 17.5 Å². The van der Waals surface area contributed by atoms with Crippen molar-refractivity contribution in [1.29, 1.82) is 0 Å². The molecule has 1 fully saturated rings. The third-order valence-electron chi connectivity index (χ3n) is 3.63. The Bertz CT molecular complexity index is 464. The number of carboxylic acid groups (broad SMARTS) is 1. The SMILES string of the molecule is COc1c(C)ccc(C2(C(=O)O)CCC2)c1Cl. The summed E-state index contributed by atoms with van der Waals surface area (Å²) in [5.41, 5.74) is 0.791. The van der Waals surface area contributed by atoms with Gasteiger partial charge in [0.15, 0.2) is 0 Å². The molecule has 0 spiro atoms. The Morgan fingerprint density at radius 2 is 2.12 bits per heavy atom. The molecule has 0 aliphatic heterocycles. The minimum atomic E-state index is -0.807. The molecule has 0 radical (unpaired) electrons. The molecule has 1 saturated carbocycles. The lowest BCUT2D eigenvalue weighted by Crippen LogP contribution is -2.42. The number of rotatable bonds is 3. The van der Waals surface area contributed by atoms with Gasteiger partial charge in [-0.1, -0.05) is 30.2 Å². The van der Waals surface area contributed by atoms with Gasteiger partial charge in [-0.25, -0.2) is 0 Å². The quantitative estimate of drug-likeness (QED) is 0.901.